The van der Waals surface area contributed by atoms with Crippen molar-refractivity contribution in [2.24, 2.45) is 0 Å². The van der Waals surface area contributed by atoms with Gasteiger partial charge in [-0.1, -0.05) is 12.2 Å². The highest BCUT2D eigenvalue weighted by Crippen LogP contribution is 2.38. The van der Waals surface area contributed by atoms with Crippen LogP contribution in [0.15, 0.2) is 47.7 Å². The van der Waals surface area contributed by atoms with Crippen molar-refractivity contribution < 1.29 is 38.8 Å². The predicted octanol–water partition coefficient (Wildman–Crippen LogP) is 3.14. The van der Waals surface area contributed by atoms with Crippen LogP contribution in [0.4, 0.5) is 4.39 Å². The van der Waals surface area contributed by atoms with Crippen molar-refractivity contribution in [2.75, 3.05) is 40.9 Å². The zero-order valence-electron chi connectivity index (χ0n) is 20.6. The topological polar surface area (TPSA) is 125 Å². The summed E-state index contributed by atoms with van der Waals surface area (Å²) in [7, 11) is 4.68. The lowest BCUT2D eigenvalue weighted by atomic mass is 9.99. The number of ether oxygens (including phenoxy) is 2. The standard InChI is InChI=1S/C23H27NO6S.CH3F.CH4O/c1-15(26)24-19(23(27)28)11-16-5-4-6-18(8-7-16)22-20(29-2)12-17(13-21(22)30-3)14-31-10-9-25;2*1-2/h4,6-8,12-13,19,25H,9-11,14H2,1-3H3,(H,24,26)(H,27,28);1H3;2H,1H3. The van der Waals surface area contributed by atoms with Gasteiger partial charge in [-0.25, -0.2) is 4.79 Å². The Morgan fingerprint density at radius 3 is 2.23 bits per heavy atom. The summed E-state index contributed by atoms with van der Waals surface area (Å²) in [6.45, 7) is 1.41. The van der Waals surface area contributed by atoms with Crippen LogP contribution in [0.2, 0.25) is 0 Å². The number of nitrogens with one attached hydrogen (secondary N) is 1. The lowest BCUT2D eigenvalue weighted by Crippen LogP contribution is -2.39. The second-order valence-corrected chi connectivity index (χ2v) is 7.84. The predicted molar refractivity (Wildman–Crippen MR) is 137 cm³/mol. The van der Waals surface area contributed by atoms with Gasteiger partial charge in [-0.05, 0) is 41.0 Å². The summed E-state index contributed by atoms with van der Waals surface area (Å²) in [4.78, 5) is 22.7. The van der Waals surface area contributed by atoms with Gasteiger partial charge in [-0.2, -0.15) is 11.8 Å². The van der Waals surface area contributed by atoms with Crippen molar-refractivity contribution in [3.8, 4) is 11.5 Å². The third-order valence-corrected chi connectivity index (χ3v) is 5.46. The van der Waals surface area contributed by atoms with E-state index in [0.29, 0.717) is 35.8 Å². The van der Waals surface area contributed by atoms with E-state index in [-0.39, 0.29) is 13.0 Å². The van der Waals surface area contributed by atoms with Crippen molar-refractivity contribution in [3.05, 3.63) is 58.9 Å². The minimum absolute atomic E-state index is 0.109. The van der Waals surface area contributed by atoms with Crippen LogP contribution in [0.3, 0.4) is 0 Å². The minimum Gasteiger partial charge on any atom is -0.496 e. The maximum atomic E-state index is 11.4. The first kappa shape index (κ1) is 32.0. The number of aliphatic hydroxyl groups excluding tert-OH is 2. The van der Waals surface area contributed by atoms with Gasteiger partial charge in [0.05, 0.1) is 33.6 Å². The molecule has 10 heteroatoms. The summed E-state index contributed by atoms with van der Waals surface area (Å²) in [6.07, 6.45) is 7.29. The number of carboxylic acids is 1. The zero-order valence-corrected chi connectivity index (χ0v) is 21.4. The number of allylic oxidation sites excluding steroid dienone is 4. The Morgan fingerprint density at radius 1 is 1.14 bits per heavy atom. The lowest BCUT2D eigenvalue weighted by Gasteiger charge is -2.16. The van der Waals surface area contributed by atoms with E-state index in [9.17, 15) is 19.1 Å². The molecule has 0 aliphatic heterocycles. The molecule has 1 aromatic carbocycles. The quantitative estimate of drug-likeness (QED) is 0.264. The van der Waals surface area contributed by atoms with Crippen molar-refractivity contribution in [1.82, 2.24) is 5.32 Å². The van der Waals surface area contributed by atoms with Crippen LogP contribution in [0.25, 0.3) is 5.57 Å². The van der Waals surface area contributed by atoms with Gasteiger partial charge in [0.25, 0.3) is 0 Å². The zero-order chi connectivity index (χ0) is 26.8. The fourth-order valence-electron chi connectivity index (χ4n) is 3.08. The van der Waals surface area contributed by atoms with Crippen LogP contribution >= 0.6 is 11.8 Å². The van der Waals surface area contributed by atoms with E-state index in [0.717, 1.165) is 23.8 Å². The number of carbonyl (C=O) groups excluding carboxylic acids is 1. The Morgan fingerprint density at radius 2 is 1.74 bits per heavy atom. The molecule has 4 N–H and O–H groups in total. The number of aliphatic hydroxyl groups is 2. The number of rotatable bonds is 11. The SMILES string of the molecule is CF.CO.COc1cc(CSCCO)cc(OC)c1C1=CC=C=C(CC(NC(C)=O)C(=O)O)C=C1. The molecule has 1 amide bonds. The van der Waals surface area contributed by atoms with E-state index in [2.05, 4.69) is 11.0 Å². The lowest BCUT2D eigenvalue weighted by molar-refractivity contribution is -0.141. The fraction of sp³-hybridized carbons (Fsp3) is 0.400. The first-order valence-electron chi connectivity index (χ1n) is 10.5. The number of hydrogen-bond acceptors (Lipinski definition) is 7. The average molecular weight is 512 g/mol. The van der Waals surface area contributed by atoms with Gasteiger partial charge in [0.1, 0.15) is 17.5 Å². The van der Waals surface area contributed by atoms with E-state index < -0.39 is 17.9 Å². The Balaban J connectivity index is 0.00000274. The molecule has 0 bridgehead atoms. The summed E-state index contributed by atoms with van der Waals surface area (Å²) in [6, 6.07) is 2.85. The fourth-order valence-corrected chi connectivity index (χ4v) is 3.76. The largest absolute Gasteiger partial charge is 0.496 e. The molecular formula is C25H34FNO7S. The van der Waals surface area contributed by atoms with Crippen LogP contribution in [0, 0.1) is 0 Å². The Hall–Kier alpha value is -3.04. The number of carbonyl (C=O) groups is 2. The van der Waals surface area contributed by atoms with Crippen molar-refractivity contribution in [3.63, 3.8) is 0 Å². The molecule has 35 heavy (non-hydrogen) atoms. The molecule has 2 rings (SSSR count). The number of benzene rings is 1. The molecule has 0 radical (unpaired) electrons. The maximum Gasteiger partial charge on any atom is 0.326 e. The molecule has 1 unspecified atom stereocenters. The molecule has 1 atom stereocenters. The van der Waals surface area contributed by atoms with E-state index in [1.807, 2.05) is 24.3 Å². The van der Waals surface area contributed by atoms with Crippen LogP contribution in [0.5, 0.6) is 11.5 Å². The highest BCUT2D eigenvalue weighted by Gasteiger charge is 2.20. The molecule has 0 aromatic heterocycles. The highest BCUT2D eigenvalue weighted by atomic mass is 32.2. The Labute approximate surface area is 209 Å². The highest BCUT2D eigenvalue weighted by molar-refractivity contribution is 7.98. The molecule has 1 aliphatic carbocycles. The van der Waals surface area contributed by atoms with Crippen LogP contribution in [0.1, 0.15) is 24.5 Å². The molecule has 0 saturated heterocycles. The van der Waals surface area contributed by atoms with Gasteiger partial charge >= 0.3 is 5.97 Å². The number of thioether (sulfide) groups is 1. The molecular weight excluding hydrogens is 477 g/mol. The number of halogens is 1. The van der Waals surface area contributed by atoms with Crippen LogP contribution in [-0.2, 0) is 15.3 Å². The number of hydrogen-bond donors (Lipinski definition) is 4. The molecule has 0 heterocycles. The van der Waals surface area contributed by atoms with Gasteiger partial charge in [0, 0.05) is 32.0 Å². The number of carboxylic acid groups (broad SMARTS) is 1. The summed E-state index contributed by atoms with van der Waals surface area (Å²) >= 11 is 1.61. The molecule has 194 valence electrons. The Kier molecular flexibility index (Phi) is 16.7. The number of amides is 1. The molecule has 1 aromatic rings. The van der Waals surface area contributed by atoms with Crippen molar-refractivity contribution >= 4 is 29.2 Å². The average Bonchev–Trinajstić information content (AvgIpc) is 3.10. The van der Waals surface area contributed by atoms with Crippen LogP contribution < -0.4 is 14.8 Å². The van der Waals surface area contributed by atoms with Crippen molar-refractivity contribution in [1.29, 1.82) is 0 Å². The second-order valence-electron chi connectivity index (χ2n) is 6.74. The van der Waals surface area contributed by atoms with Crippen molar-refractivity contribution in [2.45, 2.75) is 25.1 Å². The monoisotopic (exact) mass is 511 g/mol. The smallest absolute Gasteiger partial charge is 0.326 e. The Bertz CT molecular complexity index is 928. The van der Waals surface area contributed by atoms with E-state index in [4.69, 9.17) is 19.7 Å². The molecule has 8 nitrogen and oxygen atoms in total. The maximum absolute atomic E-state index is 11.4. The number of methoxy groups -OCH3 is 2. The molecule has 1 aliphatic rings. The normalized spacial score (nSPS) is 12.5. The second kappa shape index (κ2) is 18.3. The van der Waals surface area contributed by atoms with E-state index in [1.165, 1.54) is 6.92 Å². The molecule has 0 fully saturated rings. The van der Waals surface area contributed by atoms with Gasteiger partial charge in [0.15, 0.2) is 0 Å². The van der Waals surface area contributed by atoms with Crippen LogP contribution in [-0.4, -0.2) is 74.1 Å². The first-order valence-corrected chi connectivity index (χ1v) is 11.6. The summed E-state index contributed by atoms with van der Waals surface area (Å²) in [5.74, 6) is 1.15. The first-order chi connectivity index (χ1) is 16.9. The van der Waals surface area contributed by atoms with Gasteiger partial charge in [-0.15, -0.1) is 5.73 Å². The summed E-state index contributed by atoms with van der Waals surface area (Å²) in [5, 5.41) is 27.8. The number of aliphatic carboxylic acids is 1. The van der Waals surface area contributed by atoms with E-state index >= 15 is 0 Å². The van der Waals surface area contributed by atoms with E-state index in [1.54, 1.807) is 38.1 Å². The minimum atomic E-state index is -1.10. The van der Waals surface area contributed by atoms with Gasteiger partial charge in [0.2, 0.25) is 5.91 Å². The van der Waals surface area contributed by atoms with Gasteiger partial charge in [-0.3, -0.25) is 9.18 Å². The molecule has 0 spiro atoms. The summed E-state index contributed by atoms with van der Waals surface area (Å²) in [5.41, 5.74) is 6.31. The third kappa shape index (κ3) is 10.8. The van der Waals surface area contributed by atoms with Gasteiger partial charge < -0.3 is 30.1 Å². The number of alkyl halides is 1. The summed E-state index contributed by atoms with van der Waals surface area (Å²) < 4.78 is 20.7. The molecule has 0 saturated carbocycles. The third-order valence-electron chi connectivity index (χ3n) is 4.45.